The summed E-state index contributed by atoms with van der Waals surface area (Å²) in [5.41, 5.74) is -0.147. The fourth-order valence-corrected chi connectivity index (χ4v) is 1.95. The molecule has 0 amide bonds. The summed E-state index contributed by atoms with van der Waals surface area (Å²) in [4.78, 5) is 13.9. The molecule has 1 aliphatic rings. The molecule has 1 aliphatic heterocycles. The van der Waals surface area contributed by atoms with Crippen molar-refractivity contribution in [1.29, 1.82) is 0 Å². The van der Waals surface area contributed by atoms with Gasteiger partial charge in [-0.05, 0) is 6.42 Å². The van der Waals surface area contributed by atoms with Crippen LogP contribution in [0.1, 0.15) is 26.7 Å². The molecular formula is C11H21NO2. The summed E-state index contributed by atoms with van der Waals surface area (Å²) >= 11 is 0. The van der Waals surface area contributed by atoms with Gasteiger partial charge in [-0.2, -0.15) is 0 Å². The Morgan fingerprint density at radius 3 is 2.79 bits per heavy atom. The van der Waals surface area contributed by atoms with Gasteiger partial charge in [0, 0.05) is 45.2 Å². The smallest absolute Gasteiger partial charge is 0.141 e. The lowest BCUT2D eigenvalue weighted by atomic mass is 9.83. The van der Waals surface area contributed by atoms with E-state index in [4.69, 9.17) is 4.74 Å². The number of piperidine rings is 1. The molecule has 0 aromatic rings. The number of likely N-dealkylation sites (tertiary alicyclic amines) is 1. The van der Waals surface area contributed by atoms with Crippen LogP contribution in [0.2, 0.25) is 0 Å². The van der Waals surface area contributed by atoms with E-state index >= 15 is 0 Å². The van der Waals surface area contributed by atoms with Crippen molar-refractivity contribution in [2.45, 2.75) is 26.7 Å². The second-order valence-electron chi connectivity index (χ2n) is 4.68. The molecule has 0 spiro atoms. The Kier molecular flexibility index (Phi) is 4.08. The quantitative estimate of drug-likeness (QED) is 0.640. The average Bonchev–Trinajstić information content (AvgIpc) is 2.11. The number of ketones is 1. The van der Waals surface area contributed by atoms with Gasteiger partial charge in [-0.25, -0.2) is 0 Å². The zero-order valence-corrected chi connectivity index (χ0v) is 9.51. The standard InChI is InChI=1S/C11H21NO2/c1-11(2)9-12(6-4-8-14-3)7-5-10(11)13/h4-9H2,1-3H3. The maximum Gasteiger partial charge on any atom is 0.141 e. The average molecular weight is 199 g/mol. The largest absolute Gasteiger partial charge is 0.385 e. The molecule has 82 valence electrons. The molecule has 0 N–H and O–H groups in total. The highest BCUT2D eigenvalue weighted by Gasteiger charge is 2.33. The van der Waals surface area contributed by atoms with Crippen LogP contribution in [0, 0.1) is 5.41 Å². The van der Waals surface area contributed by atoms with E-state index in [-0.39, 0.29) is 5.41 Å². The molecule has 0 aliphatic carbocycles. The van der Waals surface area contributed by atoms with Gasteiger partial charge in [0.2, 0.25) is 0 Å². The van der Waals surface area contributed by atoms with Crippen molar-refractivity contribution in [2.24, 2.45) is 5.41 Å². The van der Waals surface area contributed by atoms with Gasteiger partial charge in [0.05, 0.1) is 0 Å². The minimum atomic E-state index is -0.147. The Bertz CT molecular complexity index is 201. The van der Waals surface area contributed by atoms with Crippen molar-refractivity contribution in [3.8, 4) is 0 Å². The fourth-order valence-electron chi connectivity index (χ4n) is 1.95. The number of methoxy groups -OCH3 is 1. The summed E-state index contributed by atoms with van der Waals surface area (Å²) in [5.74, 6) is 0.403. The zero-order chi connectivity index (χ0) is 10.6. The van der Waals surface area contributed by atoms with Gasteiger partial charge in [-0.1, -0.05) is 13.8 Å². The second kappa shape index (κ2) is 4.89. The topological polar surface area (TPSA) is 29.5 Å². The van der Waals surface area contributed by atoms with Gasteiger partial charge >= 0.3 is 0 Å². The number of ether oxygens (including phenoxy) is 1. The monoisotopic (exact) mass is 199 g/mol. The summed E-state index contributed by atoms with van der Waals surface area (Å²) < 4.78 is 5.01. The molecule has 0 radical (unpaired) electrons. The minimum Gasteiger partial charge on any atom is -0.385 e. The fraction of sp³-hybridized carbons (Fsp3) is 0.909. The summed E-state index contributed by atoms with van der Waals surface area (Å²) in [6.45, 7) is 7.76. The first-order chi connectivity index (χ1) is 6.56. The third-order valence-electron chi connectivity index (χ3n) is 2.85. The van der Waals surface area contributed by atoms with Gasteiger partial charge in [0.15, 0.2) is 0 Å². The van der Waals surface area contributed by atoms with Crippen LogP contribution in [0.15, 0.2) is 0 Å². The van der Waals surface area contributed by atoms with Crippen LogP contribution >= 0.6 is 0 Å². The number of Topliss-reactive ketones (excluding diaryl/α,β-unsaturated/α-hetero) is 1. The van der Waals surface area contributed by atoms with Gasteiger partial charge < -0.3 is 9.64 Å². The molecule has 0 bridgehead atoms. The third kappa shape index (κ3) is 3.07. The van der Waals surface area contributed by atoms with Crippen LogP contribution in [-0.4, -0.2) is 44.0 Å². The molecule has 1 heterocycles. The van der Waals surface area contributed by atoms with Gasteiger partial charge in [0.1, 0.15) is 5.78 Å². The number of carbonyl (C=O) groups excluding carboxylic acids is 1. The first-order valence-corrected chi connectivity index (χ1v) is 5.31. The summed E-state index contributed by atoms with van der Waals surface area (Å²) in [6.07, 6.45) is 1.76. The number of hydrogen-bond acceptors (Lipinski definition) is 3. The third-order valence-corrected chi connectivity index (χ3v) is 2.85. The molecular weight excluding hydrogens is 178 g/mol. The van der Waals surface area contributed by atoms with Crippen LogP contribution in [0.25, 0.3) is 0 Å². The van der Waals surface area contributed by atoms with E-state index in [9.17, 15) is 4.79 Å². The molecule has 3 heteroatoms. The lowest BCUT2D eigenvalue weighted by molar-refractivity contribution is -0.131. The lowest BCUT2D eigenvalue weighted by Crippen LogP contribution is -2.46. The number of rotatable bonds is 4. The van der Waals surface area contributed by atoms with Gasteiger partial charge in [-0.15, -0.1) is 0 Å². The molecule has 14 heavy (non-hydrogen) atoms. The van der Waals surface area contributed by atoms with Crippen LogP contribution in [0.3, 0.4) is 0 Å². The predicted molar refractivity (Wildman–Crippen MR) is 56.3 cm³/mol. The van der Waals surface area contributed by atoms with Crippen molar-refractivity contribution in [2.75, 3.05) is 33.4 Å². The SMILES string of the molecule is COCCCN1CCC(=O)C(C)(C)C1. The van der Waals surface area contributed by atoms with E-state index in [0.717, 1.165) is 32.7 Å². The number of nitrogens with zero attached hydrogens (tertiary/aromatic N) is 1. The maximum absolute atomic E-state index is 11.5. The van der Waals surface area contributed by atoms with E-state index in [2.05, 4.69) is 4.90 Å². The van der Waals surface area contributed by atoms with Gasteiger partial charge in [0.25, 0.3) is 0 Å². The molecule has 1 saturated heterocycles. The van der Waals surface area contributed by atoms with Crippen molar-refractivity contribution >= 4 is 5.78 Å². The Balaban J connectivity index is 2.32. The van der Waals surface area contributed by atoms with E-state index < -0.39 is 0 Å². The van der Waals surface area contributed by atoms with E-state index in [1.165, 1.54) is 0 Å². The zero-order valence-electron chi connectivity index (χ0n) is 9.51. The normalized spacial score (nSPS) is 22.6. The highest BCUT2D eigenvalue weighted by Crippen LogP contribution is 2.24. The summed E-state index contributed by atoms with van der Waals surface area (Å²) in [7, 11) is 1.73. The van der Waals surface area contributed by atoms with Crippen LogP contribution in [-0.2, 0) is 9.53 Å². The Labute approximate surface area is 86.4 Å². The predicted octanol–water partition coefficient (Wildman–Crippen LogP) is 1.32. The number of hydrogen-bond donors (Lipinski definition) is 0. The Morgan fingerprint density at radius 1 is 1.50 bits per heavy atom. The molecule has 0 saturated carbocycles. The van der Waals surface area contributed by atoms with Crippen LogP contribution < -0.4 is 0 Å². The van der Waals surface area contributed by atoms with Crippen molar-refractivity contribution in [3.05, 3.63) is 0 Å². The second-order valence-corrected chi connectivity index (χ2v) is 4.68. The van der Waals surface area contributed by atoms with E-state index in [1.54, 1.807) is 7.11 Å². The molecule has 0 aromatic carbocycles. The first kappa shape index (κ1) is 11.7. The van der Waals surface area contributed by atoms with Crippen LogP contribution in [0.4, 0.5) is 0 Å². The van der Waals surface area contributed by atoms with E-state index in [1.807, 2.05) is 13.8 Å². The number of carbonyl (C=O) groups is 1. The highest BCUT2D eigenvalue weighted by molar-refractivity contribution is 5.85. The molecule has 0 atom stereocenters. The van der Waals surface area contributed by atoms with Crippen molar-refractivity contribution in [1.82, 2.24) is 4.90 Å². The van der Waals surface area contributed by atoms with Crippen molar-refractivity contribution in [3.63, 3.8) is 0 Å². The molecule has 0 aromatic heterocycles. The summed E-state index contributed by atoms with van der Waals surface area (Å²) in [6, 6.07) is 0. The molecule has 1 rings (SSSR count). The van der Waals surface area contributed by atoms with E-state index in [0.29, 0.717) is 12.2 Å². The first-order valence-electron chi connectivity index (χ1n) is 5.31. The molecule has 1 fully saturated rings. The Morgan fingerprint density at radius 2 is 2.21 bits per heavy atom. The molecule has 3 nitrogen and oxygen atoms in total. The highest BCUT2D eigenvalue weighted by atomic mass is 16.5. The minimum absolute atomic E-state index is 0.147. The summed E-state index contributed by atoms with van der Waals surface area (Å²) in [5, 5.41) is 0. The lowest BCUT2D eigenvalue weighted by Gasteiger charge is -2.36. The van der Waals surface area contributed by atoms with Crippen LogP contribution in [0.5, 0.6) is 0 Å². The molecule has 0 unspecified atom stereocenters. The van der Waals surface area contributed by atoms with Crippen molar-refractivity contribution < 1.29 is 9.53 Å². The Hall–Kier alpha value is -0.410. The maximum atomic E-state index is 11.5. The van der Waals surface area contributed by atoms with Gasteiger partial charge in [-0.3, -0.25) is 4.79 Å².